The molecule has 72 valence electrons. The van der Waals surface area contributed by atoms with Crippen molar-refractivity contribution in [1.29, 1.82) is 0 Å². The molecule has 1 aromatic rings. The molecule has 1 amide bonds. The molecule has 1 aromatic carbocycles. The first-order valence-electron chi connectivity index (χ1n) is 4.54. The van der Waals surface area contributed by atoms with Crippen molar-refractivity contribution in [2.75, 3.05) is 6.54 Å². The standard InChI is InChI=1S/C12H13NO/c1-4-10-6-9(3)7-11(8-10)12(14)13-5-2/h1,6-8H,5H2,2-3H3,(H,13,14). The Morgan fingerprint density at radius 1 is 1.50 bits per heavy atom. The van der Waals surface area contributed by atoms with Crippen LogP contribution in [-0.2, 0) is 0 Å². The van der Waals surface area contributed by atoms with Gasteiger partial charge in [0, 0.05) is 17.7 Å². The molecule has 2 nitrogen and oxygen atoms in total. The molecule has 0 aromatic heterocycles. The van der Waals surface area contributed by atoms with Gasteiger partial charge in [0.2, 0.25) is 0 Å². The molecule has 2 heteroatoms. The van der Waals surface area contributed by atoms with E-state index in [2.05, 4.69) is 11.2 Å². The van der Waals surface area contributed by atoms with Crippen LogP contribution in [0.15, 0.2) is 18.2 Å². The van der Waals surface area contributed by atoms with E-state index >= 15 is 0 Å². The molecule has 0 aliphatic heterocycles. The van der Waals surface area contributed by atoms with Crippen molar-refractivity contribution in [3.05, 3.63) is 34.9 Å². The molecule has 0 fully saturated rings. The van der Waals surface area contributed by atoms with Gasteiger partial charge in [0.25, 0.3) is 5.91 Å². The molecule has 0 radical (unpaired) electrons. The first-order chi connectivity index (χ1) is 6.67. The van der Waals surface area contributed by atoms with Crippen LogP contribution in [0.3, 0.4) is 0 Å². The van der Waals surface area contributed by atoms with E-state index in [0.717, 1.165) is 11.1 Å². The lowest BCUT2D eigenvalue weighted by Gasteiger charge is -2.04. The van der Waals surface area contributed by atoms with Gasteiger partial charge in [0.15, 0.2) is 0 Å². The Balaban J connectivity index is 3.04. The molecule has 0 atom stereocenters. The van der Waals surface area contributed by atoms with Gasteiger partial charge >= 0.3 is 0 Å². The van der Waals surface area contributed by atoms with E-state index in [9.17, 15) is 4.79 Å². The van der Waals surface area contributed by atoms with Crippen LogP contribution >= 0.6 is 0 Å². The third kappa shape index (κ3) is 2.37. The summed E-state index contributed by atoms with van der Waals surface area (Å²) in [6, 6.07) is 5.42. The quantitative estimate of drug-likeness (QED) is 0.702. The number of carbonyl (C=O) groups is 1. The van der Waals surface area contributed by atoms with Crippen LogP contribution in [0.2, 0.25) is 0 Å². The van der Waals surface area contributed by atoms with Crippen LogP contribution in [0.5, 0.6) is 0 Å². The van der Waals surface area contributed by atoms with Crippen molar-refractivity contribution >= 4 is 5.91 Å². The lowest BCUT2D eigenvalue weighted by atomic mass is 10.1. The smallest absolute Gasteiger partial charge is 0.251 e. The molecule has 14 heavy (non-hydrogen) atoms. The van der Waals surface area contributed by atoms with Crippen LogP contribution in [0, 0.1) is 19.3 Å². The van der Waals surface area contributed by atoms with Crippen LogP contribution in [-0.4, -0.2) is 12.5 Å². The van der Waals surface area contributed by atoms with E-state index in [1.165, 1.54) is 0 Å². The molecular weight excluding hydrogens is 174 g/mol. The maximum atomic E-state index is 11.5. The minimum Gasteiger partial charge on any atom is -0.352 e. The second-order valence-electron chi connectivity index (χ2n) is 3.09. The lowest BCUT2D eigenvalue weighted by Crippen LogP contribution is -2.22. The minimum absolute atomic E-state index is 0.0762. The van der Waals surface area contributed by atoms with Crippen molar-refractivity contribution in [3.63, 3.8) is 0 Å². The summed E-state index contributed by atoms with van der Waals surface area (Å²) in [4.78, 5) is 11.5. The van der Waals surface area contributed by atoms with Crippen LogP contribution in [0.25, 0.3) is 0 Å². The number of carbonyl (C=O) groups excluding carboxylic acids is 1. The predicted molar refractivity (Wildman–Crippen MR) is 57.1 cm³/mol. The molecule has 0 spiro atoms. The molecule has 0 unspecified atom stereocenters. The minimum atomic E-state index is -0.0762. The summed E-state index contributed by atoms with van der Waals surface area (Å²) in [5.41, 5.74) is 2.37. The van der Waals surface area contributed by atoms with E-state index in [1.807, 2.05) is 26.0 Å². The van der Waals surface area contributed by atoms with E-state index in [1.54, 1.807) is 6.07 Å². The molecular formula is C12H13NO. The summed E-state index contributed by atoms with van der Waals surface area (Å²) >= 11 is 0. The summed E-state index contributed by atoms with van der Waals surface area (Å²) in [6.45, 7) is 4.43. The summed E-state index contributed by atoms with van der Waals surface area (Å²) in [6.07, 6.45) is 5.28. The number of nitrogens with one attached hydrogen (secondary N) is 1. The Kier molecular flexibility index (Phi) is 3.30. The first-order valence-corrected chi connectivity index (χ1v) is 4.54. The highest BCUT2D eigenvalue weighted by Gasteiger charge is 2.04. The number of hydrogen-bond donors (Lipinski definition) is 1. The Morgan fingerprint density at radius 3 is 2.79 bits per heavy atom. The SMILES string of the molecule is C#Cc1cc(C)cc(C(=O)NCC)c1. The monoisotopic (exact) mass is 187 g/mol. The molecule has 0 aliphatic rings. The van der Waals surface area contributed by atoms with Gasteiger partial charge in [-0.05, 0) is 37.6 Å². The third-order valence-electron chi connectivity index (χ3n) is 1.84. The number of hydrogen-bond acceptors (Lipinski definition) is 1. The van der Waals surface area contributed by atoms with Gasteiger partial charge in [0.05, 0.1) is 0 Å². The topological polar surface area (TPSA) is 29.1 Å². The largest absolute Gasteiger partial charge is 0.352 e. The molecule has 0 saturated carbocycles. The maximum Gasteiger partial charge on any atom is 0.251 e. The average Bonchev–Trinajstić information content (AvgIpc) is 2.17. The number of terminal acetylenes is 1. The Morgan fingerprint density at radius 2 is 2.21 bits per heavy atom. The number of benzene rings is 1. The number of amides is 1. The zero-order chi connectivity index (χ0) is 10.6. The highest BCUT2D eigenvalue weighted by atomic mass is 16.1. The Bertz CT molecular complexity index is 388. The second-order valence-corrected chi connectivity index (χ2v) is 3.09. The summed E-state index contributed by atoms with van der Waals surface area (Å²) in [7, 11) is 0. The molecule has 0 aliphatic carbocycles. The summed E-state index contributed by atoms with van der Waals surface area (Å²) < 4.78 is 0. The van der Waals surface area contributed by atoms with Crippen molar-refractivity contribution in [1.82, 2.24) is 5.32 Å². The normalized spacial score (nSPS) is 9.21. The van der Waals surface area contributed by atoms with E-state index in [0.29, 0.717) is 12.1 Å². The van der Waals surface area contributed by atoms with Crippen LogP contribution in [0.4, 0.5) is 0 Å². The predicted octanol–water partition coefficient (Wildman–Crippen LogP) is 1.73. The van der Waals surface area contributed by atoms with Gasteiger partial charge in [0.1, 0.15) is 0 Å². The summed E-state index contributed by atoms with van der Waals surface area (Å²) in [5, 5.41) is 2.73. The van der Waals surface area contributed by atoms with E-state index in [4.69, 9.17) is 6.42 Å². The maximum absolute atomic E-state index is 11.5. The zero-order valence-electron chi connectivity index (χ0n) is 8.42. The number of aryl methyl sites for hydroxylation is 1. The lowest BCUT2D eigenvalue weighted by molar-refractivity contribution is 0.0955. The van der Waals surface area contributed by atoms with Crippen molar-refractivity contribution < 1.29 is 4.79 Å². The Labute approximate surface area is 84.3 Å². The van der Waals surface area contributed by atoms with Gasteiger partial charge in [-0.25, -0.2) is 0 Å². The van der Waals surface area contributed by atoms with Crippen molar-refractivity contribution in [2.45, 2.75) is 13.8 Å². The fourth-order valence-corrected chi connectivity index (χ4v) is 1.26. The van der Waals surface area contributed by atoms with Gasteiger partial charge in [-0.1, -0.05) is 5.92 Å². The fourth-order valence-electron chi connectivity index (χ4n) is 1.26. The Hall–Kier alpha value is -1.75. The van der Waals surface area contributed by atoms with Gasteiger partial charge < -0.3 is 5.32 Å². The third-order valence-corrected chi connectivity index (χ3v) is 1.84. The highest BCUT2D eigenvalue weighted by molar-refractivity contribution is 5.94. The van der Waals surface area contributed by atoms with Crippen molar-refractivity contribution in [3.8, 4) is 12.3 Å². The van der Waals surface area contributed by atoms with Crippen LogP contribution in [0.1, 0.15) is 28.4 Å². The van der Waals surface area contributed by atoms with E-state index in [-0.39, 0.29) is 5.91 Å². The fraction of sp³-hybridized carbons (Fsp3) is 0.250. The first kappa shape index (κ1) is 10.3. The molecule has 1 rings (SSSR count). The van der Waals surface area contributed by atoms with Gasteiger partial charge in [-0.15, -0.1) is 6.42 Å². The molecule has 0 heterocycles. The molecule has 0 saturated heterocycles. The second kappa shape index (κ2) is 4.48. The van der Waals surface area contributed by atoms with Gasteiger partial charge in [-0.2, -0.15) is 0 Å². The average molecular weight is 187 g/mol. The highest BCUT2D eigenvalue weighted by Crippen LogP contribution is 2.08. The van der Waals surface area contributed by atoms with Crippen LogP contribution < -0.4 is 5.32 Å². The van der Waals surface area contributed by atoms with Gasteiger partial charge in [-0.3, -0.25) is 4.79 Å². The zero-order valence-corrected chi connectivity index (χ0v) is 8.42. The summed E-state index contributed by atoms with van der Waals surface area (Å²) in [5.74, 6) is 2.45. The van der Waals surface area contributed by atoms with Crippen molar-refractivity contribution in [2.24, 2.45) is 0 Å². The van der Waals surface area contributed by atoms with E-state index < -0.39 is 0 Å². The number of rotatable bonds is 2. The molecule has 1 N–H and O–H groups in total. The molecule has 0 bridgehead atoms.